The molecule has 5 heteroatoms. The fourth-order valence-corrected chi connectivity index (χ4v) is 4.36. The smallest absolute Gasteiger partial charge is 0.365 e. The third-order valence-electron chi connectivity index (χ3n) is 4.78. The lowest BCUT2D eigenvalue weighted by Gasteiger charge is -2.23. The van der Waals surface area contributed by atoms with Gasteiger partial charge < -0.3 is 4.18 Å². The highest BCUT2D eigenvalue weighted by Gasteiger charge is 2.28. The number of rotatable bonds is 4. The highest BCUT2D eigenvalue weighted by molar-refractivity contribution is 7.86. The second kappa shape index (κ2) is 7.00. The molecule has 0 amide bonds. The van der Waals surface area contributed by atoms with Crippen molar-refractivity contribution in [2.45, 2.75) is 19.3 Å². The van der Waals surface area contributed by atoms with Crippen LogP contribution < -0.4 is 4.18 Å². The number of hydrogen-bond donors (Lipinski definition) is 0. The Morgan fingerprint density at radius 1 is 0.889 bits per heavy atom. The first-order valence-electron chi connectivity index (χ1n) is 8.76. The van der Waals surface area contributed by atoms with Crippen LogP contribution in [0, 0.1) is 6.92 Å². The normalized spacial score (nSPS) is 16.0. The van der Waals surface area contributed by atoms with Crippen molar-refractivity contribution in [3.8, 4) is 5.75 Å². The van der Waals surface area contributed by atoms with Gasteiger partial charge in [0.25, 0.3) is 0 Å². The molecule has 0 unspecified atom stereocenters. The minimum absolute atomic E-state index is 0.00694. The highest BCUT2D eigenvalue weighted by Crippen LogP contribution is 2.35. The maximum Gasteiger partial charge on any atom is 0.428 e. The van der Waals surface area contributed by atoms with E-state index in [1.165, 1.54) is 0 Å². The van der Waals surface area contributed by atoms with Gasteiger partial charge in [-0.25, -0.2) is 0 Å². The molecule has 1 atom stereocenters. The lowest BCUT2D eigenvalue weighted by molar-refractivity contribution is 0.484. The Kier molecular flexibility index (Phi) is 4.54. The maximum absolute atomic E-state index is 12.1. The molecule has 0 radical (unpaired) electrons. The minimum atomic E-state index is -3.98. The largest absolute Gasteiger partial charge is 0.428 e. The minimum Gasteiger partial charge on any atom is -0.365 e. The molecule has 4 rings (SSSR count). The van der Waals surface area contributed by atoms with Crippen LogP contribution in [-0.2, 0) is 10.3 Å². The molecule has 0 aliphatic carbocycles. The van der Waals surface area contributed by atoms with E-state index >= 15 is 0 Å². The van der Waals surface area contributed by atoms with Crippen LogP contribution in [0.3, 0.4) is 0 Å². The van der Waals surface area contributed by atoms with E-state index in [9.17, 15) is 8.42 Å². The first-order chi connectivity index (χ1) is 13.0. The summed E-state index contributed by atoms with van der Waals surface area (Å²) in [5.74, 6) is 0.326. The van der Waals surface area contributed by atoms with Gasteiger partial charge in [-0.1, -0.05) is 66.7 Å². The van der Waals surface area contributed by atoms with Crippen LogP contribution in [0.5, 0.6) is 5.75 Å². The van der Waals surface area contributed by atoms with Crippen molar-refractivity contribution >= 4 is 16.0 Å². The van der Waals surface area contributed by atoms with Crippen molar-refractivity contribution in [1.82, 2.24) is 0 Å². The van der Waals surface area contributed by atoms with E-state index < -0.39 is 10.3 Å². The van der Waals surface area contributed by atoms with E-state index in [1.54, 1.807) is 12.1 Å². The molecule has 0 aromatic heterocycles. The first-order valence-corrected chi connectivity index (χ1v) is 10.1. The number of nitrogens with zero attached hydrogens (tertiary/aromatic N) is 1. The lowest BCUT2D eigenvalue weighted by atomic mass is 9.83. The molecule has 136 valence electrons. The van der Waals surface area contributed by atoms with Crippen LogP contribution in [0.2, 0.25) is 0 Å². The molecule has 0 N–H and O–H groups in total. The molecular formula is C22H19NO3S. The zero-order valence-electron chi connectivity index (χ0n) is 14.9. The van der Waals surface area contributed by atoms with Crippen molar-refractivity contribution < 1.29 is 12.6 Å². The van der Waals surface area contributed by atoms with Gasteiger partial charge in [-0.05, 0) is 35.7 Å². The summed E-state index contributed by atoms with van der Waals surface area (Å²) < 4.78 is 33.3. The molecule has 1 aliphatic rings. The molecule has 0 saturated carbocycles. The Hall–Kier alpha value is -2.92. The standard InChI is InChI=1S/C22H19NO3S/c1-16-9-5-6-12-18(16)20(17-10-3-2-4-11-17)15-21-19-13-7-8-14-22(19)26-27(24,25)23-21/h2-14,20H,15H2,1H3/t20-/m1/s1. The topological polar surface area (TPSA) is 55.7 Å². The summed E-state index contributed by atoms with van der Waals surface area (Å²) in [6.07, 6.45) is 0.467. The molecule has 4 nitrogen and oxygen atoms in total. The molecule has 3 aromatic carbocycles. The fraction of sp³-hybridized carbons (Fsp3) is 0.136. The summed E-state index contributed by atoms with van der Waals surface area (Å²) >= 11 is 0. The van der Waals surface area contributed by atoms with Crippen molar-refractivity contribution in [3.63, 3.8) is 0 Å². The predicted molar refractivity (Wildman–Crippen MR) is 107 cm³/mol. The Morgan fingerprint density at radius 2 is 1.56 bits per heavy atom. The van der Waals surface area contributed by atoms with Gasteiger partial charge in [0.05, 0.1) is 5.71 Å². The van der Waals surface area contributed by atoms with E-state index in [-0.39, 0.29) is 5.92 Å². The Morgan fingerprint density at radius 3 is 2.33 bits per heavy atom. The van der Waals surface area contributed by atoms with Gasteiger partial charge in [0.2, 0.25) is 0 Å². The summed E-state index contributed by atoms with van der Waals surface area (Å²) in [5.41, 5.74) is 4.69. The molecule has 0 bridgehead atoms. The van der Waals surface area contributed by atoms with Crippen molar-refractivity contribution in [1.29, 1.82) is 0 Å². The van der Waals surface area contributed by atoms with Crippen molar-refractivity contribution in [3.05, 3.63) is 101 Å². The number of fused-ring (bicyclic) bond motifs is 1. The van der Waals surface area contributed by atoms with Gasteiger partial charge >= 0.3 is 10.3 Å². The Bertz CT molecular complexity index is 1110. The number of aryl methyl sites for hydroxylation is 1. The molecular weight excluding hydrogens is 358 g/mol. The van der Waals surface area contributed by atoms with E-state index in [2.05, 4.69) is 35.6 Å². The molecule has 3 aromatic rings. The first kappa shape index (κ1) is 17.5. The van der Waals surface area contributed by atoms with Gasteiger partial charge in [0.1, 0.15) is 0 Å². The summed E-state index contributed by atoms with van der Waals surface area (Å²) in [5, 5.41) is 0. The average molecular weight is 377 g/mol. The number of benzene rings is 3. The second-order valence-corrected chi connectivity index (χ2v) is 7.77. The van der Waals surface area contributed by atoms with E-state index in [0.717, 1.165) is 22.3 Å². The van der Waals surface area contributed by atoms with E-state index in [0.29, 0.717) is 17.9 Å². The van der Waals surface area contributed by atoms with Gasteiger partial charge in [-0.3, -0.25) is 0 Å². The van der Waals surface area contributed by atoms with Crippen LogP contribution in [-0.4, -0.2) is 14.1 Å². The maximum atomic E-state index is 12.1. The van der Waals surface area contributed by atoms with Gasteiger partial charge in [0, 0.05) is 17.9 Å². The van der Waals surface area contributed by atoms with Crippen LogP contribution in [0.1, 0.15) is 34.6 Å². The number of para-hydroxylation sites is 1. The van der Waals surface area contributed by atoms with Crippen LogP contribution >= 0.6 is 0 Å². The summed E-state index contributed by atoms with van der Waals surface area (Å²) in [6, 6.07) is 25.4. The van der Waals surface area contributed by atoms with E-state index in [4.69, 9.17) is 4.18 Å². The molecule has 0 saturated heterocycles. The molecule has 0 spiro atoms. The summed E-state index contributed by atoms with van der Waals surface area (Å²) in [6.45, 7) is 2.07. The summed E-state index contributed by atoms with van der Waals surface area (Å²) in [4.78, 5) is 0. The fourth-order valence-electron chi connectivity index (χ4n) is 3.50. The highest BCUT2D eigenvalue weighted by atomic mass is 32.2. The van der Waals surface area contributed by atoms with Crippen LogP contribution in [0.25, 0.3) is 0 Å². The number of hydrogen-bond acceptors (Lipinski definition) is 3. The van der Waals surface area contributed by atoms with Crippen LogP contribution in [0.4, 0.5) is 0 Å². The average Bonchev–Trinajstić information content (AvgIpc) is 2.66. The predicted octanol–water partition coefficient (Wildman–Crippen LogP) is 4.64. The zero-order valence-corrected chi connectivity index (χ0v) is 15.7. The third-order valence-corrected chi connectivity index (χ3v) is 5.61. The second-order valence-electron chi connectivity index (χ2n) is 6.57. The lowest BCUT2D eigenvalue weighted by Crippen LogP contribution is -2.20. The van der Waals surface area contributed by atoms with Crippen molar-refractivity contribution in [2.24, 2.45) is 4.40 Å². The monoisotopic (exact) mass is 377 g/mol. The quantitative estimate of drug-likeness (QED) is 0.665. The van der Waals surface area contributed by atoms with Crippen molar-refractivity contribution in [2.75, 3.05) is 0 Å². The van der Waals surface area contributed by atoms with Gasteiger partial charge in [0.15, 0.2) is 5.75 Å². The molecule has 27 heavy (non-hydrogen) atoms. The Labute approximate surface area is 159 Å². The zero-order chi connectivity index (χ0) is 18.9. The molecule has 0 fully saturated rings. The molecule has 1 aliphatic heterocycles. The molecule has 1 heterocycles. The Balaban J connectivity index is 1.83. The van der Waals surface area contributed by atoms with Gasteiger partial charge in [-0.15, -0.1) is 4.40 Å². The third kappa shape index (κ3) is 3.64. The van der Waals surface area contributed by atoms with E-state index in [1.807, 2.05) is 42.5 Å². The van der Waals surface area contributed by atoms with Crippen LogP contribution in [0.15, 0.2) is 83.3 Å². The SMILES string of the molecule is Cc1ccccc1[C@H](CC1=NS(=O)(=O)Oc2ccccc21)c1ccccc1. The van der Waals surface area contributed by atoms with Gasteiger partial charge in [-0.2, -0.15) is 8.42 Å². The summed E-state index contributed by atoms with van der Waals surface area (Å²) in [7, 11) is -3.98.